The molecule has 0 aliphatic rings. The lowest BCUT2D eigenvalue weighted by molar-refractivity contribution is -0.161. The number of ether oxygens (including phenoxy) is 2. The third-order valence-corrected chi connectivity index (χ3v) is 11.5. The first kappa shape index (κ1) is 56.3. The molecular formula is C49H91O8P. The van der Waals surface area contributed by atoms with Crippen LogP contribution in [0.15, 0.2) is 36.5 Å². The van der Waals surface area contributed by atoms with Crippen LogP contribution >= 0.6 is 7.82 Å². The topological polar surface area (TPSA) is 108 Å². The van der Waals surface area contributed by atoms with Gasteiger partial charge in [0.2, 0.25) is 0 Å². The number of allylic oxidation sites excluding steroid dienone is 6. The highest BCUT2D eigenvalue weighted by atomic mass is 31.2. The molecule has 0 heterocycles. The Hall–Kier alpha value is -1.73. The van der Waals surface area contributed by atoms with Gasteiger partial charge in [0, 0.05) is 12.8 Å². The second-order valence-electron chi connectivity index (χ2n) is 16.1. The van der Waals surface area contributed by atoms with Crippen LogP contribution in [0.3, 0.4) is 0 Å². The monoisotopic (exact) mass is 839 g/mol. The smallest absolute Gasteiger partial charge is 0.462 e. The van der Waals surface area contributed by atoms with Crippen LogP contribution in [-0.2, 0) is 32.7 Å². The van der Waals surface area contributed by atoms with E-state index in [2.05, 4.69) is 50.3 Å². The first-order valence-corrected chi connectivity index (χ1v) is 25.8. The maximum absolute atomic E-state index is 12.6. The molecular weight excluding hydrogens is 748 g/mol. The summed E-state index contributed by atoms with van der Waals surface area (Å²) in [5.41, 5.74) is 0. The molecule has 0 spiro atoms. The summed E-state index contributed by atoms with van der Waals surface area (Å²) in [6.45, 7) is 5.47. The highest BCUT2D eigenvalue weighted by molar-refractivity contribution is 7.47. The Morgan fingerprint density at radius 1 is 0.466 bits per heavy atom. The number of carbonyl (C=O) groups is 2. The number of rotatable bonds is 45. The number of esters is 2. The zero-order chi connectivity index (χ0) is 42.5. The zero-order valence-corrected chi connectivity index (χ0v) is 38.9. The van der Waals surface area contributed by atoms with Gasteiger partial charge in [-0.05, 0) is 58.3 Å². The predicted molar refractivity (Wildman–Crippen MR) is 244 cm³/mol. The van der Waals surface area contributed by atoms with Crippen molar-refractivity contribution in [2.75, 3.05) is 19.8 Å². The lowest BCUT2D eigenvalue weighted by Gasteiger charge is -2.19. The lowest BCUT2D eigenvalue weighted by Crippen LogP contribution is -2.29. The zero-order valence-electron chi connectivity index (χ0n) is 38.0. The quantitative estimate of drug-likeness (QED) is 0.0279. The molecule has 9 heteroatoms. The molecule has 0 fully saturated rings. The predicted octanol–water partition coefficient (Wildman–Crippen LogP) is 15.6. The average Bonchev–Trinajstić information content (AvgIpc) is 3.20. The molecule has 0 aromatic heterocycles. The molecule has 0 aromatic carbocycles. The molecule has 58 heavy (non-hydrogen) atoms. The molecule has 2 atom stereocenters. The fraction of sp³-hybridized carbons (Fsp3) is 0.837. The van der Waals surface area contributed by atoms with E-state index in [0.29, 0.717) is 12.8 Å². The molecule has 0 bridgehead atoms. The highest BCUT2D eigenvalue weighted by Crippen LogP contribution is 2.43. The molecule has 2 unspecified atom stereocenters. The molecule has 1 N–H and O–H groups in total. The Kier molecular flexibility index (Phi) is 43.5. The fourth-order valence-corrected chi connectivity index (χ4v) is 7.63. The minimum atomic E-state index is -4.29. The van der Waals surface area contributed by atoms with Crippen LogP contribution < -0.4 is 0 Å². The summed E-state index contributed by atoms with van der Waals surface area (Å²) in [5.74, 6) is -0.802. The van der Waals surface area contributed by atoms with Crippen LogP contribution in [0.2, 0.25) is 0 Å². The van der Waals surface area contributed by atoms with Crippen LogP contribution in [0, 0.1) is 0 Å². The number of hydrogen-bond acceptors (Lipinski definition) is 7. The summed E-state index contributed by atoms with van der Waals surface area (Å²) in [7, 11) is -4.29. The van der Waals surface area contributed by atoms with Gasteiger partial charge < -0.3 is 14.4 Å². The summed E-state index contributed by atoms with van der Waals surface area (Å²) in [6.07, 6.45) is 52.0. The van der Waals surface area contributed by atoms with Crippen LogP contribution in [0.1, 0.15) is 239 Å². The van der Waals surface area contributed by atoms with E-state index >= 15 is 0 Å². The van der Waals surface area contributed by atoms with Gasteiger partial charge in [-0.1, -0.05) is 204 Å². The van der Waals surface area contributed by atoms with Gasteiger partial charge in [0.15, 0.2) is 6.10 Å². The van der Waals surface area contributed by atoms with E-state index in [4.69, 9.17) is 18.5 Å². The maximum Gasteiger partial charge on any atom is 0.472 e. The minimum Gasteiger partial charge on any atom is -0.462 e. The van der Waals surface area contributed by atoms with Crippen LogP contribution in [-0.4, -0.2) is 42.8 Å². The van der Waals surface area contributed by atoms with E-state index in [1.807, 2.05) is 0 Å². The van der Waals surface area contributed by atoms with E-state index < -0.39 is 26.5 Å². The molecule has 0 aliphatic heterocycles. The molecule has 0 aromatic rings. The Balaban J connectivity index is 4.02. The fourth-order valence-electron chi connectivity index (χ4n) is 6.87. The van der Waals surface area contributed by atoms with Crippen molar-refractivity contribution >= 4 is 19.8 Å². The van der Waals surface area contributed by atoms with E-state index in [0.717, 1.165) is 57.8 Å². The van der Waals surface area contributed by atoms with Crippen LogP contribution in [0.25, 0.3) is 0 Å². The average molecular weight is 839 g/mol. The summed E-state index contributed by atoms with van der Waals surface area (Å²) in [6, 6.07) is 0. The third-order valence-electron chi connectivity index (χ3n) is 10.4. The van der Waals surface area contributed by atoms with Crippen LogP contribution in [0.4, 0.5) is 0 Å². The van der Waals surface area contributed by atoms with E-state index in [9.17, 15) is 19.0 Å². The SMILES string of the molecule is CCCCC/C=C\C/C=C\C/C=C\CCCCCCCCC(=O)OC(COC(=O)CCCCCCCCCCCCCCCCCCCCC)COP(=O)(O)OCC. The lowest BCUT2D eigenvalue weighted by atomic mass is 10.0. The Labute approximate surface area is 357 Å². The standard InChI is InChI=1S/C49H91O8P/c1-4-7-9-11-13-15-17-19-21-23-25-27-29-31-33-35-37-39-41-43-48(50)54-45-47(46-56-58(52,53)55-6-3)57-49(51)44-42-40-38-36-34-32-30-28-26-24-22-20-18-16-14-12-10-8-5-2/h14,16,20,22,26,28,47H,4-13,15,17-19,21,23-25,27,29-46H2,1-3H3,(H,52,53)/b16-14-,22-20-,28-26-. The van der Waals surface area contributed by atoms with Crippen molar-refractivity contribution in [2.45, 2.75) is 245 Å². The van der Waals surface area contributed by atoms with Gasteiger partial charge in [0.25, 0.3) is 0 Å². The molecule has 0 saturated heterocycles. The number of unbranched alkanes of at least 4 members (excludes halogenated alkanes) is 27. The highest BCUT2D eigenvalue weighted by Gasteiger charge is 2.25. The molecule has 0 radical (unpaired) electrons. The van der Waals surface area contributed by atoms with Crippen molar-refractivity contribution in [3.05, 3.63) is 36.5 Å². The Bertz CT molecular complexity index is 1040. The third kappa shape index (κ3) is 43.8. The Morgan fingerprint density at radius 2 is 0.828 bits per heavy atom. The van der Waals surface area contributed by atoms with Crippen molar-refractivity contribution in [1.29, 1.82) is 0 Å². The summed E-state index contributed by atoms with van der Waals surface area (Å²) in [4.78, 5) is 34.9. The van der Waals surface area contributed by atoms with Gasteiger partial charge >= 0.3 is 19.8 Å². The largest absolute Gasteiger partial charge is 0.472 e. The van der Waals surface area contributed by atoms with Gasteiger partial charge in [-0.15, -0.1) is 0 Å². The number of carbonyl (C=O) groups excluding carboxylic acids is 2. The van der Waals surface area contributed by atoms with Gasteiger partial charge in [-0.2, -0.15) is 0 Å². The van der Waals surface area contributed by atoms with Gasteiger partial charge in [0.05, 0.1) is 13.2 Å². The van der Waals surface area contributed by atoms with Crippen molar-refractivity contribution in [3.63, 3.8) is 0 Å². The van der Waals surface area contributed by atoms with E-state index in [-0.39, 0.29) is 25.6 Å². The second-order valence-corrected chi connectivity index (χ2v) is 17.6. The minimum absolute atomic E-state index is 0.00146. The normalized spacial score (nSPS) is 13.5. The van der Waals surface area contributed by atoms with Crippen molar-refractivity contribution in [2.24, 2.45) is 0 Å². The van der Waals surface area contributed by atoms with Gasteiger partial charge in [-0.3, -0.25) is 18.6 Å². The number of hydrogen-bond donors (Lipinski definition) is 1. The van der Waals surface area contributed by atoms with Crippen LogP contribution in [0.5, 0.6) is 0 Å². The maximum atomic E-state index is 12.6. The second kappa shape index (κ2) is 44.8. The van der Waals surface area contributed by atoms with E-state index in [1.54, 1.807) is 6.92 Å². The first-order chi connectivity index (χ1) is 28.3. The summed E-state index contributed by atoms with van der Waals surface area (Å²) in [5, 5.41) is 0. The molecule has 8 nitrogen and oxygen atoms in total. The number of phosphoric ester groups is 1. The molecule has 0 aliphatic carbocycles. The summed E-state index contributed by atoms with van der Waals surface area (Å²) >= 11 is 0. The van der Waals surface area contributed by atoms with Gasteiger partial charge in [-0.25, -0.2) is 4.57 Å². The Morgan fingerprint density at radius 3 is 1.28 bits per heavy atom. The van der Waals surface area contributed by atoms with Gasteiger partial charge in [0.1, 0.15) is 6.61 Å². The van der Waals surface area contributed by atoms with E-state index in [1.165, 1.54) is 141 Å². The molecule has 0 amide bonds. The molecule has 0 saturated carbocycles. The number of phosphoric acid groups is 1. The summed E-state index contributed by atoms with van der Waals surface area (Å²) < 4.78 is 32.7. The molecule has 340 valence electrons. The van der Waals surface area contributed by atoms with Crippen molar-refractivity contribution in [3.8, 4) is 0 Å². The first-order valence-electron chi connectivity index (χ1n) is 24.3. The molecule has 0 rings (SSSR count). The van der Waals surface area contributed by atoms with Crippen molar-refractivity contribution < 1.29 is 37.6 Å². The van der Waals surface area contributed by atoms with Crippen molar-refractivity contribution in [1.82, 2.24) is 0 Å².